The smallest absolute Gasteiger partial charge is 0.0349 e. The zero-order valence-electron chi connectivity index (χ0n) is 11.7. The lowest BCUT2D eigenvalue weighted by atomic mass is 9.88. The van der Waals surface area contributed by atoms with Crippen molar-refractivity contribution in [1.82, 2.24) is 10.2 Å². The highest BCUT2D eigenvalue weighted by Crippen LogP contribution is 2.37. The highest BCUT2D eigenvalue weighted by molar-refractivity contribution is 9.10. The van der Waals surface area contributed by atoms with E-state index < -0.39 is 0 Å². The van der Waals surface area contributed by atoms with Gasteiger partial charge in [0.2, 0.25) is 0 Å². The van der Waals surface area contributed by atoms with Crippen molar-refractivity contribution in [3.8, 4) is 0 Å². The predicted molar refractivity (Wildman–Crippen MR) is 83.3 cm³/mol. The van der Waals surface area contributed by atoms with Gasteiger partial charge in [-0.3, -0.25) is 4.90 Å². The van der Waals surface area contributed by atoms with Crippen molar-refractivity contribution in [3.05, 3.63) is 34.3 Å². The standard InChI is InChI=1S/C16H23BrN2/c1-16(7-8-18-11-16)12-19-9-3-6-15(19)13-4-2-5-14(17)10-13/h2,4-5,10,15,18H,3,6-9,11-12H2,1H3. The molecule has 0 spiro atoms. The monoisotopic (exact) mass is 322 g/mol. The van der Waals surface area contributed by atoms with Crippen molar-refractivity contribution in [1.29, 1.82) is 0 Å². The molecule has 1 aromatic rings. The topological polar surface area (TPSA) is 15.3 Å². The molecule has 2 fully saturated rings. The molecule has 0 radical (unpaired) electrons. The molecule has 2 atom stereocenters. The molecule has 0 aromatic heterocycles. The van der Waals surface area contributed by atoms with Gasteiger partial charge in [0.15, 0.2) is 0 Å². The third-order valence-corrected chi connectivity index (χ3v) is 5.13. The van der Waals surface area contributed by atoms with E-state index in [9.17, 15) is 0 Å². The summed E-state index contributed by atoms with van der Waals surface area (Å²) in [7, 11) is 0. The molecule has 0 amide bonds. The van der Waals surface area contributed by atoms with Crippen LogP contribution in [0, 0.1) is 5.41 Å². The fraction of sp³-hybridized carbons (Fsp3) is 0.625. The number of nitrogens with zero attached hydrogens (tertiary/aromatic N) is 1. The molecule has 104 valence electrons. The summed E-state index contributed by atoms with van der Waals surface area (Å²) in [5.74, 6) is 0. The maximum atomic E-state index is 3.60. The summed E-state index contributed by atoms with van der Waals surface area (Å²) in [4.78, 5) is 2.70. The minimum atomic E-state index is 0.467. The summed E-state index contributed by atoms with van der Waals surface area (Å²) in [6, 6.07) is 9.47. The molecule has 2 aliphatic rings. The number of likely N-dealkylation sites (tertiary alicyclic amines) is 1. The van der Waals surface area contributed by atoms with Crippen molar-refractivity contribution >= 4 is 15.9 Å². The fourth-order valence-corrected chi connectivity index (χ4v) is 4.02. The van der Waals surface area contributed by atoms with Gasteiger partial charge >= 0.3 is 0 Å². The van der Waals surface area contributed by atoms with Crippen LogP contribution in [0.1, 0.15) is 37.8 Å². The molecule has 0 aliphatic carbocycles. The van der Waals surface area contributed by atoms with Gasteiger partial charge in [-0.2, -0.15) is 0 Å². The lowest BCUT2D eigenvalue weighted by Gasteiger charge is -2.33. The maximum Gasteiger partial charge on any atom is 0.0349 e. The van der Waals surface area contributed by atoms with Gasteiger partial charge in [0.1, 0.15) is 0 Å². The van der Waals surface area contributed by atoms with E-state index in [0.717, 1.165) is 0 Å². The average molecular weight is 323 g/mol. The van der Waals surface area contributed by atoms with Crippen LogP contribution in [0.5, 0.6) is 0 Å². The summed E-state index contributed by atoms with van der Waals surface area (Å²) in [6.07, 6.45) is 3.95. The molecule has 0 saturated carbocycles. The Hall–Kier alpha value is -0.380. The third-order valence-electron chi connectivity index (χ3n) is 4.64. The second-order valence-electron chi connectivity index (χ2n) is 6.42. The fourth-order valence-electron chi connectivity index (χ4n) is 3.60. The van der Waals surface area contributed by atoms with Crippen molar-refractivity contribution < 1.29 is 0 Å². The quantitative estimate of drug-likeness (QED) is 0.914. The van der Waals surface area contributed by atoms with Crippen molar-refractivity contribution in [2.45, 2.75) is 32.2 Å². The summed E-state index contributed by atoms with van der Waals surface area (Å²) in [5.41, 5.74) is 1.94. The number of benzene rings is 1. The highest BCUT2D eigenvalue weighted by Gasteiger charge is 2.35. The van der Waals surface area contributed by atoms with Crippen LogP contribution in [0.3, 0.4) is 0 Å². The summed E-state index contributed by atoms with van der Waals surface area (Å²) >= 11 is 3.60. The number of rotatable bonds is 3. The van der Waals surface area contributed by atoms with Gasteiger partial charge in [0.25, 0.3) is 0 Å². The molecule has 2 nitrogen and oxygen atoms in total. The minimum Gasteiger partial charge on any atom is -0.316 e. The largest absolute Gasteiger partial charge is 0.316 e. The zero-order chi connectivity index (χ0) is 13.3. The lowest BCUT2D eigenvalue weighted by Crippen LogP contribution is -2.37. The van der Waals surface area contributed by atoms with Gasteiger partial charge in [-0.25, -0.2) is 0 Å². The van der Waals surface area contributed by atoms with E-state index in [4.69, 9.17) is 0 Å². The van der Waals surface area contributed by atoms with Gasteiger partial charge in [0.05, 0.1) is 0 Å². The molecule has 1 aromatic carbocycles. The Bertz CT molecular complexity index is 440. The van der Waals surface area contributed by atoms with Gasteiger partial charge in [-0.15, -0.1) is 0 Å². The molecule has 1 N–H and O–H groups in total. The van der Waals surface area contributed by atoms with E-state index in [1.54, 1.807) is 0 Å². The van der Waals surface area contributed by atoms with E-state index in [0.29, 0.717) is 11.5 Å². The lowest BCUT2D eigenvalue weighted by molar-refractivity contribution is 0.165. The highest BCUT2D eigenvalue weighted by atomic mass is 79.9. The van der Waals surface area contributed by atoms with Crippen LogP contribution in [-0.2, 0) is 0 Å². The summed E-state index contributed by atoms with van der Waals surface area (Å²) in [6.45, 7) is 7.29. The first-order valence-electron chi connectivity index (χ1n) is 7.37. The third kappa shape index (κ3) is 3.04. The van der Waals surface area contributed by atoms with Crippen LogP contribution < -0.4 is 5.32 Å². The van der Waals surface area contributed by atoms with E-state index in [1.165, 1.54) is 55.5 Å². The second-order valence-corrected chi connectivity index (χ2v) is 7.34. The molecule has 3 rings (SSSR count). The number of nitrogens with one attached hydrogen (secondary N) is 1. The average Bonchev–Trinajstić information content (AvgIpc) is 2.99. The first-order valence-corrected chi connectivity index (χ1v) is 8.16. The Balaban J connectivity index is 1.74. The molecule has 3 heteroatoms. The Morgan fingerprint density at radius 1 is 1.47 bits per heavy atom. The molecule has 19 heavy (non-hydrogen) atoms. The zero-order valence-corrected chi connectivity index (χ0v) is 13.2. The van der Waals surface area contributed by atoms with Crippen LogP contribution in [0.2, 0.25) is 0 Å². The minimum absolute atomic E-state index is 0.467. The van der Waals surface area contributed by atoms with Gasteiger partial charge in [-0.05, 0) is 55.5 Å². The van der Waals surface area contributed by atoms with Crippen LogP contribution in [0.15, 0.2) is 28.7 Å². The Labute approximate surface area is 124 Å². The van der Waals surface area contributed by atoms with Crippen molar-refractivity contribution in [2.24, 2.45) is 5.41 Å². The SMILES string of the molecule is CC1(CN2CCCC2c2cccc(Br)c2)CCNC1. The molecule has 2 heterocycles. The van der Waals surface area contributed by atoms with E-state index in [-0.39, 0.29) is 0 Å². The molecule has 0 bridgehead atoms. The molecule has 2 aliphatic heterocycles. The van der Waals surface area contributed by atoms with Gasteiger partial charge in [0, 0.05) is 23.6 Å². The van der Waals surface area contributed by atoms with Crippen molar-refractivity contribution in [3.63, 3.8) is 0 Å². The van der Waals surface area contributed by atoms with Crippen LogP contribution in [0.4, 0.5) is 0 Å². The van der Waals surface area contributed by atoms with Gasteiger partial charge in [-0.1, -0.05) is 35.0 Å². The number of halogens is 1. The maximum absolute atomic E-state index is 3.60. The number of hydrogen-bond donors (Lipinski definition) is 1. The van der Waals surface area contributed by atoms with E-state index in [1.807, 2.05) is 0 Å². The number of hydrogen-bond acceptors (Lipinski definition) is 2. The first kappa shape index (κ1) is 13.6. The second kappa shape index (κ2) is 5.55. The predicted octanol–water partition coefficient (Wildman–Crippen LogP) is 3.59. The first-order chi connectivity index (χ1) is 9.16. The summed E-state index contributed by atoms with van der Waals surface area (Å²) in [5, 5.41) is 3.52. The molecular formula is C16H23BrN2. The van der Waals surface area contributed by atoms with Gasteiger partial charge < -0.3 is 5.32 Å². The summed E-state index contributed by atoms with van der Waals surface area (Å²) < 4.78 is 1.20. The van der Waals surface area contributed by atoms with E-state index in [2.05, 4.69) is 57.3 Å². The van der Waals surface area contributed by atoms with Crippen LogP contribution >= 0.6 is 15.9 Å². The Morgan fingerprint density at radius 3 is 3.11 bits per heavy atom. The normalized spacial score (nSPS) is 32.0. The van der Waals surface area contributed by atoms with Crippen molar-refractivity contribution in [2.75, 3.05) is 26.2 Å². The van der Waals surface area contributed by atoms with Crippen LogP contribution in [-0.4, -0.2) is 31.1 Å². The molecule has 2 unspecified atom stereocenters. The Morgan fingerprint density at radius 2 is 2.37 bits per heavy atom. The molecule has 2 saturated heterocycles. The Kier molecular flexibility index (Phi) is 3.97. The van der Waals surface area contributed by atoms with E-state index >= 15 is 0 Å². The molecular weight excluding hydrogens is 300 g/mol. The van der Waals surface area contributed by atoms with Crippen LogP contribution in [0.25, 0.3) is 0 Å².